The van der Waals surface area contributed by atoms with Crippen LogP contribution in [0.15, 0.2) is 35.3 Å². The Kier molecular flexibility index (Phi) is 4.36. The second kappa shape index (κ2) is 6.15. The zero-order valence-electron chi connectivity index (χ0n) is 12.7. The molecule has 2 heterocycles. The molecule has 1 fully saturated rings. The molecular formula is C16H17Cl2N3O2. The van der Waals surface area contributed by atoms with Gasteiger partial charge >= 0.3 is 0 Å². The number of hydrogen-bond donors (Lipinski definition) is 1. The van der Waals surface area contributed by atoms with Gasteiger partial charge in [0, 0.05) is 30.7 Å². The van der Waals surface area contributed by atoms with Gasteiger partial charge in [-0.1, -0.05) is 41.4 Å². The Balaban J connectivity index is 1.83. The quantitative estimate of drug-likeness (QED) is 0.901. The lowest BCUT2D eigenvalue weighted by atomic mass is 9.84. The van der Waals surface area contributed by atoms with E-state index in [1.807, 2.05) is 23.1 Å². The monoisotopic (exact) mass is 353 g/mol. The highest BCUT2D eigenvalue weighted by Crippen LogP contribution is 2.38. The van der Waals surface area contributed by atoms with Gasteiger partial charge in [0.05, 0.1) is 17.5 Å². The molecule has 3 rings (SSSR count). The van der Waals surface area contributed by atoms with Crippen molar-refractivity contribution < 1.29 is 5.11 Å². The predicted molar refractivity (Wildman–Crippen MR) is 91.3 cm³/mol. The highest BCUT2D eigenvalue weighted by molar-refractivity contribution is 6.33. The van der Waals surface area contributed by atoms with Gasteiger partial charge in [0.2, 0.25) is 0 Å². The third kappa shape index (κ3) is 2.96. The van der Waals surface area contributed by atoms with Crippen LogP contribution in [0.1, 0.15) is 18.4 Å². The van der Waals surface area contributed by atoms with E-state index in [0.29, 0.717) is 36.6 Å². The number of aromatic nitrogens is 2. The van der Waals surface area contributed by atoms with E-state index in [2.05, 4.69) is 5.10 Å². The minimum Gasteiger partial charge on any atom is -0.385 e. The van der Waals surface area contributed by atoms with Crippen molar-refractivity contribution in [1.82, 2.24) is 9.78 Å². The van der Waals surface area contributed by atoms with Crippen LogP contribution < -0.4 is 10.5 Å². The summed E-state index contributed by atoms with van der Waals surface area (Å²) in [6.07, 6.45) is 2.59. The molecule has 1 aromatic heterocycles. The molecule has 1 aliphatic rings. The van der Waals surface area contributed by atoms with Crippen LogP contribution in [-0.2, 0) is 12.6 Å². The highest BCUT2D eigenvalue weighted by Gasteiger charge is 2.36. The second-order valence-electron chi connectivity index (χ2n) is 5.77. The van der Waals surface area contributed by atoms with Crippen molar-refractivity contribution in [1.29, 1.82) is 0 Å². The number of halogens is 2. The Morgan fingerprint density at radius 2 is 1.87 bits per heavy atom. The molecule has 23 heavy (non-hydrogen) atoms. The van der Waals surface area contributed by atoms with Crippen LogP contribution in [0.2, 0.25) is 10.0 Å². The van der Waals surface area contributed by atoms with Crippen molar-refractivity contribution in [2.45, 2.75) is 18.4 Å². The number of anilines is 1. The summed E-state index contributed by atoms with van der Waals surface area (Å²) < 4.78 is 1.20. The van der Waals surface area contributed by atoms with E-state index in [0.717, 1.165) is 5.56 Å². The number of rotatable bonds is 2. The summed E-state index contributed by atoms with van der Waals surface area (Å²) in [5.41, 5.74) is 0.0655. The van der Waals surface area contributed by atoms with Crippen LogP contribution in [0.5, 0.6) is 0 Å². The fourth-order valence-electron chi connectivity index (χ4n) is 2.95. The first-order chi connectivity index (χ1) is 10.9. The molecular weight excluding hydrogens is 337 g/mol. The van der Waals surface area contributed by atoms with Crippen LogP contribution in [0.3, 0.4) is 0 Å². The van der Waals surface area contributed by atoms with Crippen LogP contribution in [0.4, 0.5) is 5.69 Å². The van der Waals surface area contributed by atoms with E-state index in [4.69, 9.17) is 23.2 Å². The Hall–Kier alpha value is -1.56. The van der Waals surface area contributed by atoms with Crippen LogP contribution in [0.25, 0.3) is 0 Å². The average Bonchev–Trinajstić information content (AvgIpc) is 2.54. The first kappa shape index (κ1) is 16.3. The summed E-state index contributed by atoms with van der Waals surface area (Å²) in [6.45, 7) is 1.13. The number of piperidine rings is 1. The molecule has 5 nitrogen and oxygen atoms in total. The molecule has 0 saturated carbocycles. The number of nitrogens with zero attached hydrogens (tertiary/aromatic N) is 3. The fraction of sp³-hybridized carbons (Fsp3) is 0.375. The lowest BCUT2D eigenvalue weighted by Crippen LogP contribution is -2.43. The van der Waals surface area contributed by atoms with Gasteiger partial charge in [-0.25, -0.2) is 4.68 Å². The van der Waals surface area contributed by atoms with Crippen molar-refractivity contribution >= 4 is 28.9 Å². The normalized spacial score (nSPS) is 17.3. The van der Waals surface area contributed by atoms with E-state index < -0.39 is 5.60 Å². The maximum Gasteiger partial charge on any atom is 0.287 e. The number of benzene rings is 1. The zero-order chi connectivity index (χ0) is 16.6. The molecule has 0 unspecified atom stereocenters. The molecule has 0 atom stereocenters. The molecule has 0 amide bonds. The minimum absolute atomic E-state index is 0.158. The van der Waals surface area contributed by atoms with Crippen LogP contribution >= 0.6 is 23.2 Å². The van der Waals surface area contributed by atoms with E-state index in [9.17, 15) is 9.90 Å². The predicted octanol–water partition coefficient (Wildman–Crippen LogP) is 2.58. The number of aryl methyl sites for hydroxylation is 1. The van der Waals surface area contributed by atoms with Crippen molar-refractivity contribution in [3.63, 3.8) is 0 Å². The minimum atomic E-state index is -0.964. The largest absolute Gasteiger partial charge is 0.385 e. The van der Waals surface area contributed by atoms with Gasteiger partial charge in [-0.05, 0) is 18.9 Å². The van der Waals surface area contributed by atoms with Crippen molar-refractivity contribution in [2.24, 2.45) is 7.05 Å². The lowest BCUT2D eigenvalue weighted by Gasteiger charge is -2.40. The molecule has 1 saturated heterocycles. The van der Waals surface area contributed by atoms with E-state index in [1.165, 1.54) is 4.68 Å². The molecule has 0 spiro atoms. The number of aliphatic hydroxyl groups is 1. The average molecular weight is 354 g/mol. The Bertz CT molecular complexity index is 783. The summed E-state index contributed by atoms with van der Waals surface area (Å²) in [7, 11) is 1.56. The molecule has 1 N–H and O–H groups in total. The third-order valence-corrected chi connectivity index (χ3v) is 5.05. The van der Waals surface area contributed by atoms with Gasteiger partial charge in [-0.2, -0.15) is 5.10 Å². The molecule has 7 heteroatoms. The smallest absolute Gasteiger partial charge is 0.287 e. The van der Waals surface area contributed by atoms with Crippen LogP contribution in [0, 0.1) is 0 Å². The lowest BCUT2D eigenvalue weighted by molar-refractivity contribution is 0.0118. The Morgan fingerprint density at radius 1 is 1.22 bits per heavy atom. The Morgan fingerprint density at radius 3 is 2.52 bits per heavy atom. The van der Waals surface area contributed by atoms with Crippen molar-refractivity contribution in [3.05, 3.63) is 56.4 Å². The molecule has 1 aliphatic heterocycles. The van der Waals surface area contributed by atoms with Crippen molar-refractivity contribution in [2.75, 3.05) is 18.0 Å². The van der Waals surface area contributed by atoms with Crippen molar-refractivity contribution in [3.8, 4) is 0 Å². The Labute approximate surface area is 144 Å². The van der Waals surface area contributed by atoms with E-state index >= 15 is 0 Å². The molecule has 0 radical (unpaired) electrons. The standard InChI is InChI=1S/C16H17Cl2N3O2/c1-20-15(22)14(18)13(10-19-20)21-8-6-16(23,7-9-21)11-4-2-3-5-12(11)17/h2-5,10,23H,6-9H2,1H3. The molecule has 122 valence electrons. The van der Waals surface area contributed by atoms with Gasteiger partial charge in [0.15, 0.2) is 0 Å². The zero-order valence-corrected chi connectivity index (χ0v) is 14.2. The first-order valence-electron chi connectivity index (χ1n) is 7.36. The first-order valence-corrected chi connectivity index (χ1v) is 8.12. The maximum absolute atomic E-state index is 11.9. The third-order valence-electron chi connectivity index (χ3n) is 4.37. The van der Waals surface area contributed by atoms with Gasteiger partial charge in [-0.15, -0.1) is 0 Å². The molecule has 0 bridgehead atoms. The van der Waals surface area contributed by atoms with Gasteiger partial charge in [0.25, 0.3) is 5.56 Å². The molecule has 1 aromatic carbocycles. The topological polar surface area (TPSA) is 58.4 Å². The summed E-state index contributed by atoms with van der Waals surface area (Å²) >= 11 is 12.4. The summed E-state index contributed by atoms with van der Waals surface area (Å²) in [5, 5.41) is 15.7. The molecule has 0 aliphatic carbocycles. The van der Waals surface area contributed by atoms with Gasteiger partial charge < -0.3 is 10.0 Å². The number of hydrogen-bond acceptors (Lipinski definition) is 4. The summed E-state index contributed by atoms with van der Waals surface area (Å²) in [4.78, 5) is 13.9. The summed E-state index contributed by atoms with van der Waals surface area (Å²) in [5.74, 6) is 0. The van der Waals surface area contributed by atoms with Crippen LogP contribution in [-0.4, -0.2) is 28.0 Å². The SMILES string of the molecule is Cn1ncc(N2CCC(O)(c3ccccc3Cl)CC2)c(Cl)c1=O. The fourth-order valence-corrected chi connectivity index (χ4v) is 3.55. The second-order valence-corrected chi connectivity index (χ2v) is 6.56. The van der Waals surface area contributed by atoms with E-state index in [1.54, 1.807) is 19.3 Å². The molecule has 2 aromatic rings. The maximum atomic E-state index is 11.9. The summed E-state index contributed by atoms with van der Waals surface area (Å²) in [6, 6.07) is 7.34. The highest BCUT2D eigenvalue weighted by atomic mass is 35.5. The van der Waals surface area contributed by atoms with Gasteiger partial charge in [0.1, 0.15) is 5.02 Å². The van der Waals surface area contributed by atoms with Gasteiger partial charge in [-0.3, -0.25) is 4.79 Å². The van der Waals surface area contributed by atoms with E-state index in [-0.39, 0.29) is 10.6 Å².